The van der Waals surface area contributed by atoms with Crippen LogP contribution in [-0.4, -0.2) is 20.0 Å². The van der Waals surface area contributed by atoms with Crippen LogP contribution in [0.5, 0.6) is 0 Å². The number of nitrogens with one attached hydrogen (secondary N) is 1. The van der Waals surface area contributed by atoms with Crippen LogP contribution in [0.2, 0.25) is 5.02 Å². The Hall–Kier alpha value is -1.76. The fourth-order valence-electron chi connectivity index (χ4n) is 2.34. The molecule has 23 heavy (non-hydrogen) atoms. The summed E-state index contributed by atoms with van der Waals surface area (Å²) in [5, 5.41) is 13.6. The zero-order chi connectivity index (χ0) is 16.4. The molecule has 7 heteroatoms. The number of rotatable bonds is 5. The van der Waals surface area contributed by atoms with Crippen LogP contribution in [-0.2, 0) is 13.6 Å². The van der Waals surface area contributed by atoms with Crippen LogP contribution in [0, 0.1) is 6.92 Å². The first-order valence-corrected chi connectivity index (χ1v) is 8.54. The van der Waals surface area contributed by atoms with E-state index in [0.717, 1.165) is 27.0 Å². The van der Waals surface area contributed by atoms with E-state index in [1.807, 2.05) is 38.2 Å². The summed E-state index contributed by atoms with van der Waals surface area (Å²) >= 11 is 7.66. The second-order valence-corrected chi connectivity index (χ2v) is 6.87. The van der Waals surface area contributed by atoms with Crippen LogP contribution in [0.1, 0.15) is 29.2 Å². The third kappa shape index (κ3) is 3.77. The normalized spacial score (nSPS) is 12.5. The van der Waals surface area contributed by atoms with Crippen molar-refractivity contribution in [1.82, 2.24) is 25.3 Å². The van der Waals surface area contributed by atoms with E-state index in [9.17, 15) is 0 Å². The number of benzene rings is 1. The minimum atomic E-state index is 0.204. The fourth-order valence-corrected chi connectivity index (χ4v) is 3.57. The topological polar surface area (TPSA) is 55.6 Å². The van der Waals surface area contributed by atoms with Gasteiger partial charge < -0.3 is 5.32 Å². The first kappa shape index (κ1) is 16.1. The lowest BCUT2D eigenvalue weighted by atomic mass is 10.2. The number of hydrogen-bond acceptors (Lipinski definition) is 5. The number of aromatic nitrogens is 4. The summed E-state index contributed by atoms with van der Waals surface area (Å²) in [5.41, 5.74) is 3.08. The smallest absolute Gasteiger partial charge is 0.123 e. The molecule has 0 saturated carbocycles. The van der Waals surface area contributed by atoms with Crippen molar-refractivity contribution in [2.45, 2.75) is 26.4 Å². The summed E-state index contributed by atoms with van der Waals surface area (Å²) in [6.45, 7) is 4.87. The molecule has 1 atom stereocenters. The molecule has 0 bridgehead atoms. The Balaban J connectivity index is 1.73. The lowest BCUT2D eigenvalue weighted by Gasteiger charge is -2.11. The highest BCUT2D eigenvalue weighted by atomic mass is 35.5. The molecular weight excluding hydrogens is 330 g/mol. The summed E-state index contributed by atoms with van der Waals surface area (Å²) < 4.78 is 0. The Kier molecular flexibility index (Phi) is 4.75. The Bertz CT molecular complexity index is 793. The van der Waals surface area contributed by atoms with E-state index in [1.54, 1.807) is 22.3 Å². The van der Waals surface area contributed by atoms with E-state index in [0.29, 0.717) is 6.54 Å². The maximum Gasteiger partial charge on any atom is 0.123 e. The van der Waals surface area contributed by atoms with E-state index in [1.165, 1.54) is 4.88 Å². The number of aryl methyl sites for hydroxylation is 2. The van der Waals surface area contributed by atoms with Crippen LogP contribution in [0.4, 0.5) is 0 Å². The standard InChI is InChI=1S/C16H18ClN5S/c1-10(18-8-14-9-19-22(3)21-14)15-11(2)20-16(23-15)12-4-6-13(17)7-5-12/h4-7,9-10,18H,8H2,1-3H3. The van der Waals surface area contributed by atoms with Crippen LogP contribution in [0.3, 0.4) is 0 Å². The minimum Gasteiger partial charge on any atom is -0.304 e. The van der Waals surface area contributed by atoms with Crippen molar-refractivity contribution in [2.75, 3.05) is 0 Å². The number of thiazole rings is 1. The summed E-state index contributed by atoms with van der Waals surface area (Å²) in [6, 6.07) is 7.99. The van der Waals surface area contributed by atoms with Crippen LogP contribution in [0.25, 0.3) is 10.6 Å². The van der Waals surface area contributed by atoms with Gasteiger partial charge in [-0.3, -0.25) is 0 Å². The van der Waals surface area contributed by atoms with E-state index < -0.39 is 0 Å². The van der Waals surface area contributed by atoms with Gasteiger partial charge in [-0.2, -0.15) is 15.0 Å². The Morgan fingerprint density at radius 3 is 2.70 bits per heavy atom. The Morgan fingerprint density at radius 2 is 2.04 bits per heavy atom. The summed E-state index contributed by atoms with van der Waals surface area (Å²) in [4.78, 5) is 7.50. The predicted octanol–water partition coefficient (Wildman–Crippen LogP) is 3.75. The van der Waals surface area contributed by atoms with Crippen molar-refractivity contribution in [1.29, 1.82) is 0 Å². The quantitative estimate of drug-likeness (QED) is 0.763. The van der Waals surface area contributed by atoms with Crippen molar-refractivity contribution >= 4 is 22.9 Å². The SMILES string of the molecule is Cc1nc(-c2ccc(Cl)cc2)sc1C(C)NCc1cnn(C)n1. The number of halogens is 1. The molecule has 0 spiro atoms. The zero-order valence-corrected chi connectivity index (χ0v) is 14.8. The van der Waals surface area contributed by atoms with Gasteiger partial charge in [-0.25, -0.2) is 4.98 Å². The highest BCUT2D eigenvalue weighted by molar-refractivity contribution is 7.15. The first-order valence-electron chi connectivity index (χ1n) is 7.35. The third-order valence-electron chi connectivity index (χ3n) is 3.55. The molecule has 1 unspecified atom stereocenters. The van der Waals surface area contributed by atoms with Crippen LogP contribution in [0.15, 0.2) is 30.5 Å². The van der Waals surface area contributed by atoms with Gasteiger partial charge in [0.2, 0.25) is 0 Å². The highest BCUT2D eigenvalue weighted by Crippen LogP contribution is 2.32. The van der Waals surface area contributed by atoms with Crippen molar-refractivity contribution < 1.29 is 0 Å². The Morgan fingerprint density at radius 1 is 1.30 bits per heavy atom. The second-order valence-electron chi connectivity index (χ2n) is 5.40. The molecule has 0 fully saturated rings. The van der Waals surface area contributed by atoms with Gasteiger partial charge in [0.25, 0.3) is 0 Å². The van der Waals surface area contributed by atoms with E-state index in [4.69, 9.17) is 16.6 Å². The van der Waals surface area contributed by atoms with Crippen LogP contribution >= 0.6 is 22.9 Å². The third-order valence-corrected chi connectivity index (χ3v) is 5.19. The molecule has 0 aliphatic heterocycles. The lowest BCUT2D eigenvalue weighted by molar-refractivity contribution is 0.562. The summed E-state index contributed by atoms with van der Waals surface area (Å²) in [5.74, 6) is 0. The van der Waals surface area contributed by atoms with Crippen molar-refractivity contribution in [3.05, 3.63) is 51.7 Å². The zero-order valence-electron chi connectivity index (χ0n) is 13.2. The molecule has 0 amide bonds. The first-order chi connectivity index (χ1) is 11.0. The maximum atomic E-state index is 5.95. The van der Waals surface area contributed by atoms with Crippen LogP contribution < -0.4 is 5.32 Å². The van der Waals surface area contributed by atoms with Gasteiger partial charge in [-0.15, -0.1) is 11.3 Å². The maximum absolute atomic E-state index is 5.95. The molecule has 2 aromatic heterocycles. The molecule has 2 heterocycles. The second kappa shape index (κ2) is 6.78. The summed E-state index contributed by atoms with van der Waals surface area (Å²) in [6.07, 6.45) is 1.78. The van der Waals surface area contributed by atoms with Gasteiger partial charge in [-0.1, -0.05) is 23.7 Å². The molecule has 1 aromatic carbocycles. The minimum absolute atomic E-state index is 0.204. The van der Waals surface area contributed by atoms with Gasteiger partial charge in [0, 0.05) is 35.1 Å². The molecule has 0 aliphatic carbocycles. The average molecular weight is 348 g/mol. The molecule has 3 aromatic rings. The van der Waals surface area contributed by atoms with Gasteiger partial charge in [0.15, 0.2) is 0 Å². The fraction of sp³-hybridized carbons (Fsp3) is 0.312. The molecule has 3 rings (SSSR count). The molecule has 0 saturated heterocycles. The average Bonchev–Trinajstić information content (AvgIpc) is 3.11. The molecular formula is C16H18ClN5S. The molecule has 1 N–H and O–H groups in total. The number of nitrogens with zero attached hydrogens (tertiary/aromatic N) is 4. The number of hydrogen-bond donors (Lipinski definition) is 1. The van der Waals surface area contributed by atoms with Gasteiger partial charge in [0.05, 0.1) is 17.6 Å². The van der Waals surface area contributed by atoms with Gasteiger partial charge >= 0.3 is 0 Å². The van der Waals surface area contributed by atoms with Gasteiger partial charge in [0.1, 0.15) is 5.01 Å². The largest absolute Gasteiger partial charge is 0.304 e. The predicted molar refractivity (Wildman–Crippen MR) is 93.6 cm³/mol. The van der Waals surface area contributed by atoms with E-state index in [2.05, 4.69) is 22.4 Å². The molecule has 5 nitrogen and oxygen atoms in total. The lowest BCUT2D eigenvalue weighted by Crippen LogP contribution is -2.18. The monoisotopic (exact) mass is 347 g/mol. The molecule has 0 radical (unpaired) electrons. The molecule has 120 valence electrons. The van der Waals surface area contributed by atoms with E-state index >= 15 is 0 Å². The van der Waals surface area contributed by atoms with Crippen molar-refractivity contribution in [2.24, 2.45) is 7.05 Å². The Labute approximate surface area is 144 Å². The summed E-state index contributed by atoms with van der Waals surface area (Å²) in [7, 11) is 1.82. The van der Waals surface area contributed by atoms with Crippen molar-refractivity contribution in [3.63, 3.8) is 0 Å². The molecule has 0 aliphatic rings. The highest BCUT2D eigenvalue weighted by Gasteiger charge is 2.15. The van der Waals surface area contributed by atoms with E-state index in [-0.39, 0.29) is 6.04 Å². The van der Waals surface area contributed by atoms with Crippen molar-refractivity contribution in [3.8, 4) is 10.6 Å². The van der Waals surface area contributed by atoms with Gasteiger partial charge in [-0.05, 0) is 26.0 Å².